The summed E-state index contributed by atoms with van der Waals surface area (Å²) in [6.07, 6.45) is 5.71. The van der Waals surface area contributed by atoms with Crippen molar-refractivity contribution in [1.82, 2.24) is 24.3 Å². The van der Waals surface area contributed by atoms with Gasteiger partial charge in [0.05, 0.1) is 24.1 Å². The first-order valence-electron chi connectivity index (χ1n) is 7.94. The molecule has 0 aliphatic heterocycles. The van der Waals surface area contributed by atoms with Crippen molar-refractivity contribution in [3.05, 3.63) is 72.4 Å². The summed E-state index contributed by atoms with van der Waals surface area (Å²) in [5.41, 5.74) is 1.87. The second-order valence-electron chi connectivity index (χ2n) is 5.75. The van der Waals surface area contributed by atoms with E-state index in [0.717, 1.165) is 0 Å². The number of nitrogens with zero attached hydrogens (tertiary/aromatic N) is 5. The Hall–Kier alpha value is -3.42. The molecule has 0 spiro atoms. The van der Waals surface area contributed by atoms with E-state index in [4.69, 9.17) is 0 Å². The molecule has 0 aliphatic carbocycles. The molecule has 26 heavy (non-hydrogen) atoms. The molecule has 4 rings (SSSR count). The van der Waals surface area contributed by atoms with Gasteiger partial charge in [-0.15, -0.1) is 0 Å². The molecule has 4 heterocycles. The fourth-order valence-electron chi connectivity index (χ4n) is 2.62. The highest BCUT2D eigenvalue weighted by Gasteiger charge is 2.12. The maximum atomic E-state index is 13.5. The number of pyridine rings is 2. The van der Waals surface area contributed by atoms with E-state index < -0.39 is 0 Å². The number of hydrogen-bond acceptors (Lipinski definition) is 5. The van der Waals surface area contributed by atoms with Gasteiger partial charge < -0.3 is 5.32 Å². The van der Waals surface area contributed by atoms with Crippen molar-refractivity contribution >= 4 is 11.5 Å². The van der Waals surface area contributed by atoms with Crippen LogP contribution in [0.2, 0.25) is 0 Å². The van der Waals surface area contributed by atoms with Crippen LogP contribution in [0, 0.1) is 11.6 Å². The standard InChI is InChI=1S/C18H14F2N6/c1-11(14-4-2-12(19)8-22-14)24-16-6-7-21-18(25-16)15-9-23-17-5-3-13(20)10-26(15)17/h2-11H,1H3,(H,21,24,25)/t11-/m0/s1. The molecule has 1 N–H and O–H groups in total. The Kier molecular flexibility index (Phi) is 4.00. The van der Waals surface area contributed by atoms with Crippen molar-refractivity contribution in [3.63, 3.8) is 0 Å². The molecule has 130 valence electrons. The first kappa shape index (κ1) is 16.1. The molecule has 8 heteroatoms. The first-order chi connectivity index (χ1) is 12.6. The number of anilines is 1. The Morgan fingerprint density at radius 2 is 1.81 bits per heavy atom. The summed E-state index contributed by atoms with van der Waals surface area (Å²) >= 11 is 0. The van der Waals surface area contributed by atoms with Crippen molar-refractivity contribution < 1.29 is 8.78 Å². The molecule has 0 unspecified atom stereocenters. The Balaban J connectivity index is 1.64. The average molecular weight is 352 g/mol. The molecule has 6 nitrogen and oxygen atoms in total. The molecule has 0 saturated heterocycles. The second-order valence-corrected chi connectivity index (χ2v) is 5.75. The number of halogens is 2. The lowest BCUT2D eigenvalue weighted by Crippen LogP contribution is -2.10. The number of rotatable bonds is 4. The summed E-state index contributed by atoms with van der Waals surface area (Å²) in [6.45, 7) is 1.89. The van der Waals surface area contributed by atoms with Crippen LogP contribution in [0.15, 0.2) is 55.1 Å². The van der Waals surface area contributed by atoms with Gasteiger partial charge in [0.1, 0.15) is 28.8 Å². The van der Waals surface area contributed by atoms with Crippen LogP contribution < -0.4 is 5.32 Å². The lowest BCUT2D eigenvalue weighted by atomic mass is 10.2. The maximum absolute atomic E-state index is 13.5. The van der Waals surface area contributed by atoms with Gasteiger partial charge in [-0.05, 0) is 37.3 Å². The maximum Gasteiger partial charge on any atom is 0.180 e. The summed E-state index contributed by atoms with van der Waals surface area (Å²) in [6, 6.07) is 7.44. The van der Waals surface area contributed by atoms with Crippen LogP contribution in [0.5, 0.6) is 0 Å². The third-order valence-electron chi connectivity index (χ3n) is 3.91. The highest BCUT2D eigenvalue weighted by molar-refractivity contribution is 5.58. The number of hydrogen-bond donors (Lipinski definition) is 1. The molecule has 0 amide bonds. The molecule has 4 aromatic rings. The van der Waals surface area contributed by atoms with Crippen LogP contribution in [0.4, 0.5) is 14.6 Å². The lowest BCUT2D eigenvalue weighted by Gasteiger charge is -2.14. The van der Waals surface area contributed by atoms with Crippen LogP contribution in [-0.2, 0) is 0 Å². The minimum Gasteiger partial charge on any atom is -0.362 e. The van der Waals surface area contributed by atoms with Gasteiger partial charge in [-0.2, -0.15) is 0 Å². The lowest BCUT2D eigenvalue weighted by molar-refractivity contribution is 0.617. The van der Waals surface area contributed by atoms with E-state index in [2.05, 4.69) is 25.3 Å². The molecule has 0 bridgehead atoms. The molecule has 0 radical (unpaired) electrons. The average Bonchev–Trinajstić information content (AvgIpc) is 3.05. The zero-order valence-corrected chi connectivity index (χ0v) is 13.8. The number of nitrogens with one attached hydrogen (secondary N) is 1. The number of aromatic nitrogens is 5. The third-order valence-corrected chi connectivity index (χ3v) is 3.91. The largest absolute Gasteiger partial charge is 0.362 e. The van der Waals surface area contributed by atoms with Crippen molar-refractivity contribution in [2.75, 3.05) is 5.32 Å². The molecule has 0 aliphatic rings. The summed E-state index contributed by atoms with van der Waals surface area (Å²) in [7, 11) is 0. The fourth-order valence-corrected chi connectivity index (χ4v) is 2.62. The van der Waals surface area contributed by atoms with Crippen molar-refractivity contribution in [2.24, 2.45) is 0 Å². The Bertz CT molecular complexity index is 1060. The Morgan fingerprint density at radius 3 is 2.62 bits per heavy atom. The van der Waals surface area contributed by atoms with Gasteiger partial charge in [-0.3, -0.25) is 9.38 Å². The normalized spacial score (nSPS) is 12.3. The predicted molar refractivity (Wildman–Crippen MR) is 92.4 cm³/mol. The van der Waals surface area contributed by atoms with E-state index in [9.17, 15) is 8.78 Å². The molecule has 0 aromatic carbocycles. The van der Waals surface area contributed by atoms with Gasteiger partial charge in [0.2, 0.25) is 0 Å². The molecular weight excluding hydrogens is 338 g/mol. The van der Waals surface area contributed by atoms with Crippen LogP contribution in [-0.4, -0.2) is 24.3 Å². The van der Waals surface area contributed by atoms with Crippen LogP contribution in [0.3, 0.4) is 0 Å². The van der Waals surface area contributed by atoms with Crippen molar-refractivity contribution in [3.8, 4) is 11.5 Å². The zero-order chi connectivity index (χ0) is 18.1. The molecule has 0 fully saturated rings. The predicted octanol–water partition coefficient (Wildman–Crippen LogP) is 3.64. The monoisotopic (exact) mass is 352 g/mol. The van der Waals surface area contributed by atoms with Gasteiger partial charge in [-0.1, -0.05) is 0 Å². The van der Waals surface area contributed by atoms with Crippen molar-refractivity contribution in [2.45, 2.75) is 13.0 Å². The van der Waals surface area contributed by atoms with Gasteiger partial charge in [0, 0.05) is 12.4 Å². The summed E-state index contributed by atoms with van der Waals surface area (Å²) in [5.74, 6) is 0.222. The topological polar surface area (TPSA) is 68.0 Å². The first-order valence-corrected chi connectivity index (χ1v) is 7.94. The van der Waals surface area contributed by atoms with E-state index in [1.54, 1.807) is 35.0 Å². The molecular formula is C18H14F2N6. The van der Waals surface area contributed by atoms with E-state index in [0.29, 0.717) is 28.7 Å². The summed E-state index contributed by atoms with van der Waals surface area (Å²) < 4.78 is 28.1. The molecule has 4 aromatic heterocycles. The minimum atomic E-state index is -0.384. The third kappa shape index (κ3) is 3.08. The van der Waals surface area contributed by atoms with Gasteiger partial charge in [-0.25, -0.2) is 23.7 Å². The summed E-state index contributed by atoms with van der Waals surface area (Å²) in [5, 5.41) is 3.20. The SMILES string of the molecule is C[C@H](Nc1ccnc(-c2cnc3ccc(F)cn23)n1)c1ccc(F)cn1. The number of fused-ring (bicyclic) bond motifs is 1. The van der Waals surface area contributed by atoms with Crippen molar-refractivity contribution in [1.29, 1.82) is 0 Å². The smallest absolute Gasteiger partial charge is 0.180 e. The van der Waals surface area contributed by atoms with E-state index >= 15 is 0 Å². The van der Waals surface area contributed by atoms with E-state index in [1.165, 1.54) is 24.5 Å². The van der Waals surface area contributed by atoms with Crippen LogP contribution in [0.25, 0.3) is 17.2 Å². The van der Waals surface area contributed by atoms with Gasteiger partial charge >= 0.3 is 0 Å². The fraction of sp³-hybridized carbons (Fsp3) is 0.111. The molecule has 1 atom stereocenters. The van der Waals surface area contributed by atoms with Gasteiger partial charge in [0.25, 0.3) is 0 Å². The van der Waals surface area contributed by atoms with Crippen LogP contribution >= 0.6 is 0 Å². The molecule has 0 saturated carbocycles. The number of imidazole rings is 1. The highest BCUT2D eigenvalue weighted by Crippen LogP contribution is 2.21. The summed E-state index contributed by atoms with van der Waals surface area (Å²) in [4.78, 5) is 17.0. The second kappa shape index (κ2) is 6.47. The Morgan fingerprint density at radius 1 is 0.962 bits per heavy atom. The van der Waals surface area contributed by atoms with Crippen LogP contribution in [0.1, 0.15) is 18.7 Å². The highest BCUT2D eigenvalue weighted by atomic mass is 19.1. The van der Waals surface area contributed by atoms with Gasteiger partial charge in [0.15, 0.2) is 5.82 Å². The quantitative estimate of drug-likeness (QED) is 0.607. The van der Waals surface area contributed by atoms with E-state index in [1.807, 2.05) is 6.92 Å². The minimum absolute atomic E-state index is 0.182. The Labute approximate surface area is 147 Å². The van der Waals surface area contributed by atoms with E-state index in [-0.39, 0.29) is 17.7 Å². The zero-order valence-electron chi connectivity index (χ0n) is 13.8.